The van der Waals surface area contributed by atoms with Crippen molar-refractivity contribution in [3.05, 3.63) is 35.4 Å². The van der Waals surface area contributed by atoms with Crippen LogP contribution in [0.3, 0.4) is 0 Å². The van der Waals surface area contributed by atoms with Gasteiger partial charge in [-0.15, -0.1) is 0 Å². The molecular formula is C23H35NO4. The van der Waals surface area contributed by atoms with Crippen molar-refractivity contribution in [2.75, 3.05) is 20.2 Å². The van der Waals surface area contributed by atoms with E-state index in [4.69, 9.17) is 4.74 Å². The molecule has 1 saturated heterocycles. The molecule has 2 rings (SSSR count). The number of hydrogen-bond donors (Lipinski definition) is 1. The van der Waals surface area contributed by atoms with Crippen molar-refractivity contribution in [1.82, 2.24) is 4.90 Å². The third kappa shape index (κ3) is 6.93. The van der Waals surface area contributed by atoms with Gasteiger partial charge < -0.3 is 14.7 Å². The number of methoxy groups -OCH3 is 1. The largest absolute Gasteiger partial charge is 0.465 e. The average Bonchev–Trinajstić information content (AvgIpc) is 3.09. The summed E-state index contributed by atoms with van der Waals surface area (Å²) >= 11 is 0. The highest BCUT2D eigenvalue weighted by atomic mass is 16.5. The van der Waals surface area contributed by atoms with Gasteiger partial charge >= 0.3 is 5.97 Å². The Morgan fingerprint density at radius 3 is 2.54 bits per heavy atom. The molecule has 0 aliphatic carbocycles. The van der Waals surface area contributed by atoms with Gasteiger partial charge in [-0.25, -0.2) is 4.79 Å². The molecule has 1 aliphatic rings. The Hall–Kier alpha value is -1.88. The summed E-state index contributed by atoms with van der Waals surface area (Å²) in [5, 5.41) is 10.5. The first-order chi connectivity index (χ1) is 13.5. The first kappa shape index (κ1) is 22.4. The maximum atomic E-state index is 12.3. The summed E-state index contributed by atoms with van der Waals surface area (Å²) in [5.74, 6) is -0.147. The molecule has 2 atom stereocenters. The van der Waals surface area contributed by atoms with Crippen LogP contribution in [-0.4, -0.2) is 48.2 Å². The number of unbranched alkanes of at least 4 members (excludes halogenated alkanes) is 5. The molecule has 1 aromatic rings. The molecule has 28 heavy (non-hydrogen) atoms. The summed E-state index contributed by atoms with van der Waals surface area (Å²) in [4.78, 5) is 25.6. The number of amides is 1. The van der Waals surface area contributed by atoms with Crippen LogP contribution in [0.15, 0.2) is 24.3 Å². The van der Waals surface area contributed by atoms with Crippen LogP contribution in [0, 0.1) is 5.92 Å². The summed E-state index contributed by atoms with van der Waals surface area (Å²) < 4.78 is 4.70. The molecule has 0 saturated carbocycles. The van der Waals surface area contributed by atoms with Crippen LogP contribution in [0.5, 0.6) is 0 Å². The zero-order valence-electron chi connectivity index (χ0n) is 17.4. The molecule has 5 heteroatoms. The predicted molar refractivity (Wildman–Crippen MR) is 110 cm³/mol. The molecule has 1 aromatic carbocycles. The normalized spacial score (nSPS) is 17.8. The van der Waals surface area contributed by atoms with Crippen LogP contribution in [0.1, 0.15) is 74.2 Å². The number of benzene rings is 1. The molecule has 0 spiro atoms. The zero-order valence-corrected chi connectivity index (χ0v) is 17.4. The van der Waals surface area contributed by atoms with Crippen molar-refractivity contribution >= 4 is 11.9 Å². The van der Waals surface area contributed by atoms with Gasteiger partial charge in [-0.1, -0.05) is 57.6 Å². The number of rotatable bonds is 12. The highest BCUT2D eigenvalue weighted by molar-refractivity contribution is 5.89. The molecule has 1 amide bonds. The lowest BCUT2D eigenvalue weighted by atomic mass is 9.96. The van der Waals surface area contributed by atoms with E-state index >= 15 is 0 Å². The van der Waals surface area contributed by atoms with Gasteiger partial charge in [0.2, 0.25) is 5.91 Å². The summed E-state index contributed by atoms with van der Waals surface area (Å²) in [7, 11) is 1.37. The lowest BCUT2D eigenvalue weighted by Gasteiger charge is -2.19. The van der Waals surface area contributed by atoms with Gasteiger partial charge in [0, 0.05) is 25.4 Å². The number of aliphatic hydroxyl groups excluding tert-OH is 1. The van der Waals surface area contributed by atoms with Crippen molar-refractivity contribution in [2.24, 2.45) is 5.92 Å². The van der Waals surface area contributed by atoms with E-state index < -0.39 is 0 Å². The maximum absolute atomic E-state index is 12.3. The van der Waals surface area contributed by atoms with Crippen molar-refractivity contribution in [2.45, 2.75) is 70.8 Å². The van der Waals surface area contributed by atoms with Crippen LogP contribution in [0.25, 0.3) is 0 Å². The molecule has 0 radical (unpaired) electrons. The van der Waals surface area contributed by atoms with Gasteiger partial charge in [0.1, 0.15) is 0 Å². The highest BCUT2D eigenvalue weighted by Crippen LogP contribution is 2.24. The molecule has 5 nitrogen and oxygen atoms in total. The fourth-order valence-corrected chi connectivity index (χ4v) is 3.84. The lowest BCUT2D eigenvalue weighted by molar-refractivity contribution is -0.127. The van der Waals surface area contributed by atoms with Crippen LogP contribution in [-0.2, 0) is 16.0 Å². The zero-order chi connectivity index (χ0) is 20.4. The van der Waals surface area contributed by atoms with E-state index in [0.717, 1.165) is 24.8 Å². The molecular weight excluding hydrogens is 354 g/mol. The van der Waals surface area contributed by atoms with Gasteiger partial charge in [-0.05, 0) is 30.5 Å². The summed E-state index contributed by atoms with van der Waals surface area (Å²) in [6.07, 6.45) is 8.90. The molecule has 1 aliphatic heterocycles. The minimum atomic E-state index is -0.375. The van der Waals surface area contributed by atoms with E-state index in [-0.39, 0.29) is 23.9 Å². The maximum Gasteiger partial charge on any atom is 0.337 e. The first-order valence-electron chi connectivity index (χ1n) is 10.7. The second-order valence-electron chi connectivity index (χ2n) is 7.87. The van der Waals surface area contributed by atoms with Crippen LogP contribution in [0.2, 0.25) is 0 Å². The van der Waals surface area contributed by atoms with Crippen molar-refractivity contribution in [3.63, 3.8) is 0 Å². The molecule has 1 fully saturated rings. The minimum absolute atomic E-state index is 0.0600. The molecule has 2 unspecified atom stereocenters. The average molecular weight is 390 g/mol. The molecule has 156 valence electrons. The number of hydrogen-bond acceptors (Lipinski definition) is 4. The number of aliphatic hydroxyl groups is 1. The Labute approximate surface area is 169 Å². The smallest absolute Gasteiger partial charge is 0.337 e. The van der Waals surface area contributed by atoms with Crippen LogP contribution in [0.4, 0.5) is 0 Å². The van der Waals surface area contributed by atoms with Crippen molar-refractivity contribution in [3.8, 4) is 0 Å². The highest BCUT2D eigenvalue weighted by Gasteiger charge is 2.33. The number of nitrogens with zero attached hydrogens (tertiary/aromatic N) is 1. The van der Waals surface area contributed by atoms with E-state index in [2.05, 4.69) is 6.92 Å². The summed E-state index contributed by atoms with van der Waals surface area (Å²) in [6.45, 7) is 3.51. The Morgan fingerprint density at radius 2 is 1.86 bits per heavy atom. The van der Waals surface area contributed by atoms with Gasteiger partial charge in [-0.2, -0.15) is 0 Å². The van der Waals surface area contributed by atoms with Gasteiger partial charge in [0.25, 0.3) is 0 Å². The monoisotopic (exact) mass is 389 g/mol. The number of ether oxygens (including phenoxy) is 1. The third-order valence-electron chi connectivity index (χ3n) is 5.69. The lowest BCUT2D eigenvalue weighted by Crippen LogP contribution is -2.29. The molecule has 1 N–H and O–H groups in total. The van der Waals surface area contributed by atoms with E-state index in [1.807, 2.05) is 17.0 Å². The van der Waals surface area contributed by atoms with Crippen molar-refractivity contribution < 1.29 is 19.4 Å². The Morgan fingerprint density at radius 1 is 1.18 bits per heavy atom. The number of carbonyl (C=O) groups is 2. The van der Waals surface area contributed by atoms with Crippen molar-refractivity contribution in [1.29, 1.82) is 0 Å². The van der Waals surface area contributed by atoms with E-state index in [0.29, 0.717) is 25.1 Å². The predicted octanol–water partition coefficient (Wildman–Crippen LogP) is 3.98. The van der Waals surface area contributed by atoms with Crippen LogP contribution < -0.4 is 0 Å². The van der Waals surface area contributed by atoms with Gasteiger partial charge in [-0.3, -0.25) is 4.79 Å². The Kier molecular flexibility index (Phi) is 9.48. The molecule has 0 aromatic heterocycles. The van der Waals surface area contributed by atoms with Gasteiger partial charge in [0.15, 0.2) is 0 Å². The topological polar surface area (TPSA) is 66.8 Å². The van der Waals surface area contributed by atoms with E-state index in [1.54, 1.807) is 12.1 Å². The second kappa shape index (κ2) is 11.8. The quantitative estimate of drug-likeness (QED) is 0.434. The molecule has 0 bridgehead atoms. The van der Waals surface area contributed by atoms with Crippen LogP contribution >= 0.6 is 0 Å². The third-order valence-corrected chi connectivity index (χ3v) is 5.69. The SMILES string of the molecule is CCCCCCCCC(O)C1CC(=O)N(CCc2ccc(C(=O)OC)cc2)C1. The second-order valence-corrected chi connectivity index (χ2v) is 7.87. The Bertz CT molecular complexity index is 614. The summed E-state index contributed by atoms with van der Waals surface area (Å²) in [6, 6.07) is 7.30. The Balaban J connectivity index is 1.71. The van der Waals surface area contributed by atoms with Gasteiger partial charge in [0.05, 0.1) is 18.8 Å². The number of carbonyl (C=O) groups excluding carboxylic acids is 2. The fourth-order valence-electron chi connectivity index (χ4n) is 3.84. The fraction of sp³-hybridized carbons (Fsp3) is 0.652. The number of esters is 1. The first-order valence-corrected chi connectivity index (χ1v) is 10.7. The summed E-state index contributed by atoms with van der Waals surface area (Å²) in [5.41, 5.74) is 1.61. The standard InChI is InChI=1S/C23H35NO4/c1-3-4-5-6-7-8-9-21(25)20-16-22(26)24(17-20)15-14-18-10-12-19(13-11-18)23(27)28-2/h10-13,20-21,25H,3-9,14-17H2,1-2H3. The van der Waals surface area contributed by atoms with E-state index in [1.165, 1.54) is 39.2 Å². The number of likely N-dealkylation sites (tertiary alicyclic amines) is 1. The minimum Gasteiger partial charge on any atom is -0.465 e. The van der Waals surface area contributed by atoms with E-state index in [9.17, 15) is 14.7 Å². The molecule has 1 heterocycles.